The molecule has 4 nitrogen and oxygen atoms in total. The number of fused-ring (bicyclic) bond motifs is 1. The molecule has 0 amide bonds. The van der Waals surface area contributed by atoms with Crippen LogP contribution in [0.2, 0.25) is 10.0 Å². The van der Waals surface area contributed by atoms with Gasteiger partial charge in [-0.15, -0.1) is 0 Å². The number of aromatic nitrogens is 1. The van der Waals surface area contributed by atoms with Crippen LogP contribution in [-0.4, -0.2) is 21.8 Å². The van der Waals surface area contributed by atoms with Crippen molar-refractivity contribution in [2.75, 3.05) is 0 Å². The molecule has 0 bridgehead atoms. The molecule has 0 fully saturated rings. The normalized spacial score (nSPS) is 10.9. The largest absolute Gasteiger partial charge is 0.478 e. The van der Waals surface area contributed by atoms with E-state index in [9.17, 15) is 9.59 Å². The molecule has 2 aromatic carbocycles. The van der Waals surface area contributed by atoms with Crippen LogP contribution in [0, 0.1) is 6.92 Å². The maximum atomic E-state index is 12.9. The predicted molar refractivity (Wildman–Crippen MR) is 89.9 cm³/mol. The standard InChI is InChI=1S/C17H11Cl2NO3/c1-8-15(16(21)11-4-3-10(18)7-13(11)19)12-6-9(17(22)23)2-5-14(12)20-8/h2-7,20H,1H3,(H,22,23). The Kier molecular flexibility index (Phi) is 3.88. The Morgan fingerprint density at radius 1 is 1.09 bits per heavy atom. The molecule has 6 heteroatoms. The van der Waals surface area contributed by atoms with Crippen molar-refractivity contribution in [1.29, 1.82) is 0 Å². The summed E-state index contributed by atoms with van der Waals surface area (Å²) in [4.78, 5) is 27.1. The molecule has 0 unspecified atom stereocenters. The highest BCUT2D eigenvalue weighted by Crippen LogP contribution is 2.29. The number of hydrogen-bond donors (Lipinski definition) is 2. The molecule has 0 aliphatic heterocycles. The Hall–Kier alpha value is -2.30. The van der Waals surface area contributed by atoms with Crippen LogP contribution >= 0.6 is 23.2 Å². The van der Waals surface area contributed by atoms with Crippen molar-refractivity contribution in [3.8, 4) is 0 Å². The lowest BCUT2D eigenvalue weighted by Crippen LogP contribution is -2.04. The van der Waals surface area contributed by atoms with Crippen molar-refractivity contribution in [1.82, 2.24) is 4.98 Å². The first-order valence-corrected chi connectivity index (χ1v) is 7.49. The van der Waals surface area contributed by atoms with Crippen molar-refractivity contribution in [2.24, 2.45) is 0 Å². The number of halogens is 2. The zero-order valence-electron chi connectivity index (χ0n) is 12.0. The Labute approximate surface area is 141 Å². The van der Waals surface area contributed by atoms with Crippen LogP contribution in [-0.2, 0) is 0 Å². The Morgan fingerprint density at radius 3 is 2.48 bits per heavy atom. The molecular formula is C17H11Cl2NO3. The lowest BCUT2D eigenvalue weighted by molar-refractivity contribution is 0.0696. The number of ketones is 1. The molecule has 0 atom stereocenters. The van der Waals surface area contributed by atoms with Crippen molar-refractivity contribution in [2.45, 2.75) is 6.92 Å². The summed E-state index contributed by atoms with van der Waals surface area (Å²) < 4.78 is 0. The maximum absolute atomic E-state index is 12.9. The van der Waals surface area contributed by atoms with Crippen LogP contribution in [0.5, 0.6) is 0 Å². The van der Waals surface area contributed by atoms with E-state index in [-0.39, 0.29) is 16.4 Å². The molecule has 0 aliphatic rings. The minimum atomic E-state index is -1.05. The third-order valence-corrected chi connectivity index (χ3v) is 4.18. The highest BCUT2D eigenvalue weighted by Gasteiger charge is 2.21. The minimum Gasteiger partial charge on any atom is -0.478 e. The molecule has 1 aromatic heterocycles. The highest BCUT2D eigenvalue weighted by molar-refractivity contribution is 6.38. The molecule has 1 heterocycles. The predicted octanol–water partition coefficient (Wildman–Crippen LogP) is 4.71. The van der Waals surface area contributed by atoms with Gasteiger partial charge in [-0.2, -0.15) is 0 Å². The number of benzene rings is 2. The van der Waals surface area contributed by atoms with Gasteiger partial charge in [0.05, 0.1) is 16.1 Å². The first kappa shape index (κ1) is 15.6. The van der Waals surface area contributed by atoms with Gasteiger partial charge in [0.15, 0.2) is 5.78 Å². The third-order valence-electron chi connectivity index (χ3n) is 3.64. The van der Waals surface area contributed by atoms with E-state index in [4.69, 9.17) is 28.3 Å². The van der Waals surface area contributed by atoms with Gasteiger partial charge in [0.2, 0.25) is 0 Å². The zero-order valence-corrected chi connectivity index (χ0v) is 13.5. The van der Waals surface area contributed by atoms with E-state index in [1.807, 2.05) is 0 Å². The number of H-pyrrole nitrogens is 1. The fourth-order valence-corrected chi connectivity index (χ4v) is 3.05. The smallest absolute Gasteiger partial charge is 0.335 e. The summed E-state index contributed by atoms with van der Waals surface area (Å²) in [6, 6.07) is 9.28. The summed E-state index contributed by atoms with van der Waals surface area (Å²) in [7, 11) is 0. The van der Waals surface area contributed by atoms with Gasteiger partial charge < -0.3 is 10.1 Å². The first-order chi connectivity index (χ1) is 10.9. The molecule has 0 saturated heterocycles. The lowest BCUT2D eigenvalue weighted by Gasteiger charge is -2.05. The van der Waals surface area contributed by atoms with Crippen molar-refractivity contribution < 1.29 is 14.7 Å². The average molecular weight is 348 g/mol. The number of rotatable bonds is 3. The quantitative estimate of drug-likeness (QED) is 0.674. The van der Waals surface area contributed by atoms with E-state index in [0.29, 0.717) is 32.7 Å². The van der Waals surface area contributed by atoms with E-state index in [1.165, 1.54) is 18.2 Å². The molecule has 23 heavy (non-hydrogen) atoms. The van der Waals surface area contributed by atoms with Gasteiger partial charge in [-0.25, -0.2) is 4.79 Å². The fraction of sp³-hybridized carbons (Fsp3) is 0.0588. The second-order valence-corrected chi connectivity index (χ2v) is 5.99. The van der Waals surface area contributed by atoms with Crippen molar-refractivity contribution in [3.63, 3.8) is 0 Å². The molecule has 3 aromatic rings. The van der Waals surface area contributed by atoms with E-state index < -0.39 is 5.97 Å². The number of carbonyl (C=O) groups is 2. The third kappa shape index (κ3) is 2.71. The number of aryl methyl sites for hydroxylation is 1. The molecule has 116 valence electrons. The van der Waals surface area contributed by atoms with Crippen LogP contribution in [0.15, 0.2) is 36.4 Å². The molecule has 0 aliphatic carbocycles. The molecular weight excluding hydrogens is 337 g/mol. The number of carboxylic acids is 1. The van der Waals surface area contributed by atoms with Gasteiger partial charge in [-0.05, 0) is 43.3 Å². The second-order valence-electron chi connectivity index (χ2n) is 5.14. The monoisotopic (exact) mass is 347 g/mol. The summed E-state index contributed by atoms with van der Waals surface area (Å²) in [6.45, 7) is 1.76. The van der Waals surface area contributed by atoms with Crippen LogP contribution in [0.4, 0.5) is 0 Å². The SMILES string of the molecule is Cc1[nH]c2ccc(C(=O)O)cc2c1C(=O)c1ccc(Cl)cc1Cl. The summed E-state index contributed by atoms with van der Waals surface area (Å²) in [5, 5.41) is 10.4. The maximum Gasteiger partial charge on any atom is 0.335 e. The molecule has 3 rings (SSSR count). The lowest BCUT2D eigenvalue weighted by atomic mass is 9.99. The topological polar surface area (TPSA) is 70.2 Å². The molecule has 2 N–H and O–H groups in total. The van der Waals surface area contributed by atoms with Gasteiger partial charge in [-0.3, -0.25) is 4.79 Å². The van der Waals surface area contributed by atoms with Gasteiger partial charge in [-0.1, -0.05) is 23.2 Å². The van der Waals surface area contributed by atoms with Gasteiger partial charge in [0.1, 0.15) is 0 Å². The number of aromatic amines is 1. The number of carboxylic acid groups (broad SMARTS) is 1. The molecule has 0 radical (unpaired) electrons. The first-order valence-electron chi connectivity index (χ1n) is 6.74. The average Bonchev–Trinajstić information content (AvgIpc) is 2.81. The van der Waals surface area contributed by atoms with Crippen LogP contribution < -0.4 is 0 Å². The fourth-order valence-electron chi connectivity index (χ4n) is 2.56. The van der Waals surface area contributed by atoms with E-state index in [0.717, 1.165) is 0 Å². The second kappa shape index (κ2) is 5.72. The number of carbonyl (C=O) groups excluding carboxylic acids is 1. The van der Waals surface area contributed by atoms with Gasteiger partial charge >= 0.3 is 5.97 Å². The van der Waals surface area contributed by atoms with Crippen molar-refractivity contribution >= 4 is 45.9 Å². The molecule has 0 saturated carbocycles. The Morgan fingerprint density at radius 2 is 1.83 bits per heavy atom. The Balaban J connectivity index is 2.22. The van der Waals surface area contributed by atoms with Gasteiger partial charge in [0.25, 0.3) is 0 Å². The van der Waals surface area contributed by atoms with E-state index >= 15 is 0 Å². The summed E-state index contributed by atoms with van der Waals surface area (Å²) in [5.74, 6) is -1.33. The van der Waals surface area contributed by atoms with Gasteiger partial charge in [0, 0.05) is 27.2 Å². The van der Waals surface area contributed by atoms with E-state index in [2.05, 4.69) is 4.98 Å². The zero-order chi connectivity index (χ0) is 16.7. The summed E-state index contributed by atoms with van der Waals surface area (Å²) in [6.07, 6.45) is 0. The van der Waals surface area contributed by atoms with Crippen LogP contribution in [0.3, 0.4) is 0 Å². The summed E-state index contributed by atoms with van der Waals surface area (Å²) >= 11 is 12.0. The summed E-state index contributed by atoms with van der Waals surface area (Å²) in [5.41, 5.74) is 2.19. The number of hydrogen-bond acceptors (Lipinski definition) is 2. The highest BCUT2D eigenvalue weighted by atomic mass is 35.5. The van der Waals surface area contributed by atoms with Crippen LogP contribution in [0.25, 0.3) is 10.9 Å². The number of nitrogens with one attached hydrogen (secondary N) is 1. The molecule has 0 spiro atoms. The number of aromatic carboxylic acids is 1. The Bertz CT molecular complexity index is 960. The van der Waals surface area contributed by atoms with Crippen molar-refractivity contribution in [3.05, 3.63) is 68.8 Å². The van der Waals surface area contributed by atoms with Crippen LogP contribution in [0.1, 0.15) is 32.0 Å². The minimum absolute atomic E-state index is 0.118. The van der Waals surface area contributed by atoms with E-state index in [1.54, 1.807) is 25.1 Å².